The first-order valence-electron chi connectivity index (χ1n) is 8.09. The topological polar surface area (TPSA) is 132 Å². The zero-order valence-electron chi connectivity index (χ0n) is 15.7. The third-order valence-corrected chi connectivity index (χ3v) is 4.15. The van der Waals surface area contributed by atoms with Crippen LogP contribution in [0, 0.1) is 24.0 Å². The Kier molecular flexibility index (Phi) is 5.78. The summed E-state index contributed by atoms with van der Waals surface area (Å²) < 4.78 is 6.35. The number of ether oxygens (including phenoxy) is 1. The average molecular weight is 375 g/mol. The van der Waals surface area contributed by atoms with Crippen LogP contribution in [0.4, 0.5) is 5.69 Å². The first-order chi connectivity index (χ1) is 12.7. The van der Waals surface area contributed by atoms with Crippen LogP contribution in [-0.4, -0.2) is 38.5 Å². The van der Waals surface area contributed by atoms with Gasteiger partial charge in [-0.25, -0.2) is 5.43 Å². The van der Waals surface area contributed by atoms with E-state index in [1.54, 1.807) is 32.9 Å². The van der Waals surface area contributed by atoms with E-state index in [1.165, 1.54) is 24.8 Å². The van der Waals surface area contributed by atoms with Gasteiger partial charge in [-0.3, -0.25) is 19.6 Å². The Hall–Kier alpha value is -3.43. The summed E-state index contributed by atoms with van der Waals surface area (Å²) in [6.07, 6.45) is 0. The maximum absolute atomic E-state index is 12.4. The van der Waals surface area contributed by atoms with E-state index in [9.17, 15) is 20.0 Å². The maximum atomic E-state index is 12.4. The number of hydrogen-bond donors (Lipinski definition) is 2. The van der Waals surface area contributed by atoms with Crippen LogP contribution in [0.1, 0.15) is 36.8 Å². The van der Waals surface area contributed by atoms with E-state index in [0.717, 1.165) is 0 Å². The molecule has 1 heterocycles. The molecule has 2 N–H and O–H groups in total. The number of methoxy groups -OCH3 is 1. The molecule has 0 radical (unpaired) electrons. The molecule has 1 aromatic carbocycles. The van der Waals surface area contributed by atoms with Gasteiger partial charge in [-0.15, -0.1) is 0 Å². The molecule has 144 valence electrons. The third kappa shape index (κ3) is 4.05. The maximum Gasteiger partial charge on any atom is 0.312 e. The van der Waals surface area contributed by atoms with Gasteiger partial charge in [0.1, 0.15) is 17.4 Å². The lowest BCUT2D eigenvalue weighted by Crippen LogP contribution is -2.29. The van der Waals surface area contributed by atoms with E-state index in [-0.39, 0.29) is 22.9 Å². The van der Waals surface area contributed by atoms with Crippen molar-refractivity contribution in [3.05, 3.63) is 45.3 Å². The number of carbonyl (C=O) groups excluding carboxylic acids is 1. The Labute approximate surface area is 155 Å². The van der Waals surface area contributed by atoms with Gasteiger partial charge < -0.3 is 9.84 Å². The van der Waals surface area contributed by atoms with Crippen LogP contribution in [0.25, 0.3) is 0 Å². The molecule has 0 fully saturated rings. The van der Waals surface area contributed by atoms with Crippen LogP contribution in [0.2, 0.25) is 0 Å². The highest BCUT2D eigenvalue weighted by Gasteiger charge is 2.27. The molecule has 0 aliphatic rings. The molecule has 0 spiro atoms. The number of amides is 1. The smallest absolute Gasteiger partial charge is 0.312 e. The number of aryl methyl sites for hydroxylation is 1. The molecule has 0 saturated carbocycles. The number of carbonyl (C=O) groups is 1. The fourth-order valence-corrected chi connectivity index (χ4v) is 2.61. The number of nitrogens with one attached hydrogen (secondary N) is 1. The van der Waals surface area contributed by atoms with Crippen molar-refractivity contribution in [2.45, 2.75) is 33.7 Å². The lowest BCUT2D eigenvalue weighted by Gasteiger charge is -2.12. The molecular weight excluding hydrogens is 354 g/mol. The van der Waals surface area contributed by atoms with Crippen LogP contribution < -0.4 is 10.2 Å². The van der Waals surface area contributed by atoms with Crippen molar-refractivity contribution in [1.82, 2.24) is 15.2 Å². The first kappa shape index (κ1) is 19.9. The number of phenolic OH excluding ortho intramolecular Hbond substituents is 1. The van der Waals surface area contributed by atoms with E-state index in [1.807, 2.05) is 0 Å². The molecule has 10 heteroatoms. The first-order valence-corrected chi connectivity index (χ1v) is 8.09. The molecule has 0 bridgehead atoms. The second-order valence-corrected chi connectivity index (χ2v) is 5.96. The van der Waals surface area contributed by atoms with Crippen LogP contribution in [0.15, 0.2) is 23.3 Å². The molecule has 1 aromatic heterocycles. The fourth-order valence-electron chi connectivity index (χ4n) is 2.61. The summed E-state index contributed by atoms with van der Waals surface area (Å²) in [5, 5.41) is 28.9. The number of hydrogen-bond acceptors (Lipinski definition) is 7. The van der Waals surface area contributed by atoms with Crippen LogP contribution >= 0.6 is 0 Å². The average Bonchev–Trinajstić information content (AvgIpc) is 2.93. The molecule has 2 rings (SSSR count). The van der Waals surface area contributed by atoms with E-state index >= 15 is 0 Å². The molecule has 0 aliphatic carbocycles. The number of benzene rings is 1. The van der Waals surface area contributed by atoms with Crippen LogP contribution in [0.5, 0.6) is 11.5 Å². The zero-order valence-corrected chi connectivity index (χ0v) is 15.7. The number of rotatable bonds is 6. The molecular formula is C17H21N5O5. The quantitative estimate of drug-likeness (QED) is 0.452. The number of aromatic hydroxyl groups is 1. The van der Waals surface area contributed by atoms with Gasteiger partial charge >= 0.3 is 5.69 Å². The highest BCUT2D eigenvalue weighted by Crippen LogP contribution is 2.27. The summed E-state index contributed by atoms with van der Waals surface area (Å²) in [6.45, 7) is 6.32. The molecule has 1 atom stereocenters. The zero-order chi connectivity index (χ0) is 20.3. The van der Waals surface area contributed by atoms with Crippen molar-refractivity contribution in [2.24, 2.45) is 5.10 Å². The summed E-state index contributed by atoms with van der Waals surface area (Å²) >= 11 is 0. The Balaban J connectivity index is 2.18. The summed E-state index contributed by atoms with van der Waals surface area (Å²) in [6, 6.07) is 3.90. The van der Waals surface area contributed by atoms with Crippen LogP contribution in [-0.2, 0) is 4.79 Å². The SMILES string of the molecule is COc1cc(C(C)=NNC(=O)C(C)n2nc(C)c([N+](=O)[O-])c2C)ccc1O. The van der Waals surface area contributed by atoms with Gasteiger partial charge in [-0.1, -0.05) is 0 Å². The van der Waals surface area contributed by atoms with E-state index < -0.39 is 16.9 Å². The van der Waals surface area contributed by atoms with Crippen LogP contribution in [0.3, 0.4) is 0 Å². The lowest BCUT2D eigenvalue weighted by molar-refractivity contribution is -0.386. The summed E-state index contributed by atoms with van der Waals surface area (Å²) in [5.41, 5.74) is 4.01. The molecule has 1 unspecified atom stereocenters. The number of aromatic nitrogens is 2. The van der Waals surface area contributed by atoms with Gasteiger partial charge in [0, 0.05) is 5.56 Å². The van der Waals surface area contributed by atoms with Crippen molar-refractivity contribution in [3.8, 4) is 11.5 Å². The third-order valence-electron chi connectivity index (χ3n) is 4.15. The minimum Gasteiger partial charge on any atom is -0.504 e. The van der Waals surface area contributed by atoms with E-state index in [4.69, 9.17) is 4.74 Å². The van der Waals surface area contributed by atoms with Crippen molar-refractivity contribution in [2.75, 3.05) is 7.11 Å². The van der Waals surface area contributed by atoms with Gasteiger partial charge in [0.2, 0.25) is 0 Å². The van der Waals surface area contributed by atoms with Gasteiger partial charge in [-0.05, 0) is 45.9 Å². The Morgan fingerprint density at radius 3 is 2.67 bits per heavy atom. The lowest BCUT2D eigenvalue weighted by atomic mass is 10.1. The van der Waals surface area contributed by atoms with Gasteiger partial charge in [-0.2, -0.15) is 10.2 Å². The Morgan fingerprint density at radius 2 is 2.11 bits per heavy atom. The predicted molar refractivity (Wildman–Crippen MR) is 98.1 cm³/mol. The van der Waals surface area contributed by atoms with Gasteiger partial charge in [0.15, 0.2) is 11.5 Å². The number of hydrazone groups is 1. The standard InChI is InChI=1S/C17H21N5O5/c1-9(13-6-7-14(23)15(8-13)27-5)18-19-17(24)12(4)21-11(3)16(22(25)26)10(2)20-21/h6-8,12,23H,1-5H3,(H,19,24). The summed E-state index contributed by atoms with van der Waals surface area (Å²) in [7, 11) is 1.43. The second kappa shape index (κ2) is 7.85. The number of phenols is 1. The normalized spacial score (nSPS) is 12.6. The Bertz CT molecular complexity index is 919. The van der Waals surface area contributed by atoms with Crippen molar-refractivity contribution >= 4 is 17.3 Å². The van der Waals surface area contributed by atoms with E-state index in [0.29, 0.717) is 17.0 Å². The highest BCUT2D eigenvalue weighted by atomic mass is 16.6. The molecule has 10 nitrogen and oxygen atoms in total. The fraction of sp³-hybridized carbons (Fsp3) is 0.353. The highest BCUT2D eigenvalue weighted by molar-refractivity contribution is 5.99. The number of nitro groups is 1. The van der Waals surface area contributed by atoms with Crippen molar-refractivity contribution < 1.29 is 19.6 Å². The second-order valence-electron chi connectivity index (χ2n) is 5.96. The number of nitrogens with zero attached hydrogens (tertiary/aromatic N) is 4. The minimum atomic E-state index is -0.789. The van der Waals surface area contributed by atoms with Crippen molar-refractivity contribution in [1.29, 1.82) is 0 Å². The van der Waals surface area contributed by atoms with Gasteiger partial charge in [0.25, 0.3) is 5.91 Å². The summed E-state index contributed by atoms with van der Waals surface area (Å²) in [5.74, 6) is -0.185. The van der Waals surface area contributed by atoms with E-state index in [2.05, 4.69) is 15.6 Å². The van der Waals surface area contributed by atoms with Crippen molar-refractivity contribution in [3.63, 3.8) is 0 Å². The largest absolute Gasteiger partial charge is 0.504 e. The summed E-state index contributed by atoms with van der Waals surface area (Å²) in [4.78, 5) is 23.0. The van der Waals surface area contributed by atoms with Gasteiger partial charge in [0.05, 0.1) is 17.7 Å². The molecule has 0 aliphatic heterocycles. The molecule has 2 aromatic rings. The predicted octanol–water partition coefficient (Wildman–Crippen LogP) is 2.22. The Morgan fingerprint density at radius 1 is 1.44 bits per heavy atom. The molecule has 0 saturated heterocycles. The molecule has 27 heavy (non-hydrogen) atoms. The monoisotopic (exact) mass is 375 g/mol. The molecule has 1 amide bonds. The minimum absolute atomic E-state index is 0.00201.